The summed E-state index contributed by atoms with van der Waals surface area (Å²) in [7, 11) is 0. The molecule has 0 unspecified atom stereocenters. The normalized spacial score (nSPS) is 24.0. The van der Waals surface area contributed by atoms with Gasteiger partial charge in [0.05, 0.1) is 11.6 Å². The smallest absolute Gasteiger partial charge is 0.0991 e. The number of rotatable bonds is 3. The van der Waals surface area contributed by atoms with Gasteiger partial charge in [-0.1, -0.05) is 19.8 Å². The average Bonchev–Trinajstić information content (AvgIpc) is 2.39. The Labute approximate surface area is 104 Å². The highest BCUT2D eigenvalue weighted by Gasteiger charge is 2.17. The van der Waals surface area contributed by atoms with Gasteiger partial charge in [-0.15, -0.1) is 0 Å². The molecule has 2 heteroatoms. The molecular formula is C15H20N2. The van der Waals surface area contributed by atoms with Crippen LogP contribution in [-0.4, -0.2) is 6.54 Å². The van der Waals surface area contributed by atoms with Gasteiger partial charge in [-0.25, -0.2) is 0 Å². The summed E-state index contributed by atoms with van der Waals surface area (Å²) in [6.07, 6.45) is 5.45. The highest BCUT2D eigenvalue weighted by Crippen LogP contribution is 2.28. The minimum Gasteiger partial charge on any atom is -0.385 e. The molecule has 90 valence electrons. The van der Waals surface area contributed by atoms with E-state index >= 15 is 0 Å². The van der Waals surface area contributed by atoms with E-state index < -0.39 is 0 Å². The molecule has 0 aromatic heterocycles. The fraction of sp³-hybridized carbons (Fsp3) is 0.533. The van der Waals surface area contributed by atoms with Crippen LogP contribution >= 0.6 is 0 Å². The lowest BCUT2D eigenvalue weighted by molar-refractivity contribution is 0.300. The lowest BCUT2D eigenvalue weighted by Gasteiger charge is -2.26. The van der Waals surface area contributed by atoms with E-state index in [0.29, 0.717) is 0 Å². The summed E-state index contributed by atoms with van der Waals surface area (Å²) in [5.41, 5.74) is 1.85. The fourth-order valence-electron chi connectivity index (χ4n) is 2.46. The second-order valence-electron chi connectivity index (χ2n) is 5.20. The van der Waals surface area contributed by atoms with Crippen LogP contribution in [0.4, 0.5) is 5.69 Å². The molecule has 0 saturated heterocycles. The Bertz CT molecular complexity index is 380. The first-order valence-electron chi connectivity index (χ1n) is 6.52. The van der Waals surface area contributed by atoms with Crippen molar-refractivity contribution in [1.82, 2.24) is 0 Å². The van der Waals surface area contributed by atoms with E-state index in [0.717, 1.165) is 29.6 Å². The number of nitrogens with zero attached hydrogens (tertiary/aromatic N) is 1. The van der Waals surface area contributed by atoms with Crippen molar-refractivity contribution < 1.29 is 0 Å². The third kappa shape index (κ3) is 3.49. The minimum absolute atomic E-state index is 0.724. The standard InChI is InChI=1S/C15H20N2/c1-12-2-4-14(5-3-12)11-17-15-8-6-13(10-16)7-9-15/h6-9,12,14,17H,2-5,11H2,1H3. The maximum absolute atomic E-state index is 8.72. The van der Waals surface area contributed by atoms with Gasteiger partial charge in [-0.05, 0) is 48.9 Å². The Morgan fingerprint density at radius 1 is 1.18 bits per heavy atom. The maximum Gasteiger partial charge on any atom is 0.0991 e. The Balaban J connectivity index is 1.79. The minimum atomic E-state index is 0.724. The van der Waals surface area contributed by atoms with Gasteiger partial charge < -0.3 is 5.32 Å². The zero-order valence-corrected chi connectivity index (χ0v) is 10.4. The van der Waals surface area contributed by atoms with E-state index in [-0.39, 0.29) is 0 Å². The quantitative estimate of drug-likeness (QED) is 0.854. The molecule has 0 heterocycles. The average molecular weight is 228 g/mol. The monoisotopic (exact) mass is 228 g/mol. The number of anilines is 1. The van der Waals surface area contributed by atoms with Crippen molar-refractivity contribution in [3.05, 3.63) is 29.8 Å². The molecule has 0 radical (unpaired) electrons. The van der Waals surface area contributed by atoms with Crippen LogP contribution in [0.5, 0.6) is 0 Å². The third-order valence-electron chi connectivity index (χ3n) is 3.74. The Hall–Kier alpha value is -1.49. The summed E-state index contributed by atoms with van der Waals surface area (Å²) >= 11 is 0. The van der Waals surface area contributed by atoms with Crippen LogP contribution in [0.25, 0.3) is 0 Å². The van der Waals surface area contributed by atoms with E-state index in [1.807, 2.05) is 24.3 Å². The van der Waals surface area contributed by atoms with Crippen LogP contribution in [0.3, 0.4) is 0 Å². The molecule has 2 rings (SSSR count). The molecule has 0 spiro atoms. The lowest BCUT2D eigenvalue weighted by Crippen LogP contribution is -2.20. The van der Waals surface area contributed by atoms with Crippen molar-refractivity contribution in [2.75, 3.05) is 11.9 Å². The Morgan fingerprint density at radius 2 is 1.82 bits per heavy atom. The van der Waals surface area contributed by atoms with Gasteiger partial charge in [0.25, 0.3) is 0 Å². The van der Waals surface area contributed by atoms with Crippen LogP contribution in [-0.2, 0) is 0 Å². The Morgan fingerprint density at radius 3 is 2.41 bits per heavy atom. The lowest BCUT2D eigenvalue weighted by atomic mass is 9.83. The predicted octanol–water partition coefficient (Wildman–Crippen LogP) is 3.80. The van der Waals surface area contributed by atoms with Crippen LogP contribution in [0.15, 0.2) is 24.3 Å². The van der Waals surface area contributed by atoms with Crippen LogP contribution < -0.4 is 5.32 Å². The van der Waals surface area contributed by atoms with Crippen molar-refractivity contribution in [3.63, 3.8) is 0 Å². The molecule has 0 atom stereocenters. The third-order valence-corrected chi connectivity index (χ3v) is 3.74. The second kappa shape index (κ2) is 5.72. The molecule has 1 fully saturated rings. The van der Waals surface area contributed by atoms with Gasteiger partial charge in [-0.2, -0.15) is 5.26 Å². The van der Waals surface area contributed by atoms with Crippen molar-refractivity contribution in [2.24, 2.45) is 11.8 Å². The molecule has 1 N–H and O–H groups in total. The molecule has 1 aromatic rings. The summed E-state index contributed by atoms with van der Waals surface area (Å²) in [6, 6.07) is 9.85. The fourth-order valence-corrected chi connectivity index (χ4v) is 2.46. The van der Waals surface area contributed by atoms with E-state index in [1.165, 1.54) is 25.7 Å². The molecule has 2 nitrogen and oxygen atoms in total. The summed E-state index contributed by atoms with van der Waals surface area (Å²) in [5.74, 6) is 1.74. The van der Waals surface area contributed by atoms with E-state index in [1.54, 1.807) is 0 Å². The molecule has 1 saturated carbocycles. The van der Waals surface area contributed by atoms with E-state index in [9.17, 15) is 0 Å². The molecule has 1 aliphatic carbocycles. The molecule has 1 aliphatic rings. The summed E-state index contributed by atoms with van der Waals surface area (Å²) < 4.78 is 0. The van der Waals surface area contributed by atoms with Crippen LogP contribution in [0.1, 0.15) is 38.2 Å². The highest BCUT2D eigenvalue weighted by atomic mass is 14.9. The topological polar surface area (TPSA) is 35.8 Å². The van der Waals surface area contributed by atoms with Crippen molar-refractivity contribution in [3.8, 4) is 6.07 Å². The zero-order valence-electron chi connectivity index (χ0n) is 10.4. The molecule has 0 aliphatic heterocycles. The zero-order chi connectivity index (χ0) is 12.1. The van der Waals surface area contributed by atoms with Crippen molar-refractivity contribution >= 4 is 5.69 Å². The molecule has 1 aromatic carbocycles. The number of hydrogen-bond donors (Lipinski definition) is 1. The number of benzene rings is 1. The van der Waals surface area contributed by atoms with Gasteiger partial charge >= 0.3 is 0 Å². The first-order valence-corrected chi connectivity index (χ1v) is 6.52. The second-order valence-corrected chi connectivity index (χ2v) is 5.20. The van der Waals surface area contributed by atoms with Gasteiger partial charge in [0.15, 0.2) is 0 Å². The summed E-state index contributed by atoms with van der Waals surface area (Å²) in [6.45, 7) is 3.42. The van der Waals surface area contributed by atoms with Gasteiger partial charge in [-0.3, -0.25) is 0 Å². The number of nitriles is 1. The van der Waals surface area contributed by atoms with E-state index in [2.05, 4.69) is 18.3 Å². The van der Waals surface area contributed by atoms with E-state index in [4.69, 9.17) is 5.26 Å². The van der Waals surface area contributed by atoms with Gasteiger partial charge in [0.2, 0.25) is 0 Å². The van der Waals surface area contributed by atoms with Crippen molar-refractivity contribution in [2.45, 2.75) is 32.6 Å². The number of hydrogen-bond acceptors (Lipinski definition) is 2. The van der Waals surface area contributed by atoms with Crippen molar-refractivity contribution in [1.29, 1.82) is 5.26 Å². The molecule has 0 bridgehead atoms. The predicted molar refractivity (Wildman–Crippen MR) is 70.8 cm³/mol. The van der Waals surface area contributed by atoms with Gasteiger partial charge in [0.1, 0.15) is 0 Å². The van der Waals surface area contributed by atoms with Crippen LogP contribution in [0.2, 0.25) is 0 Å². The maximum atomic E-state index is 8.72. The SMILES string of the molecule is CC1CCC(CNc2ccc(C#N)cc2)CC1. The number of nitrogens with one attached hydrogen (secondary N) is 1. The van der Waals surface area contributed by atoms with Gasteiger partial charge in [0, 0.05) is 12.2 Å². The highest BCUT2D eigenvalue weighted by molar-refractivity contribution is 5.47. The van der Waals surface area contributed by atoms with Crippen LogP contribution in [0, 0.1) is 23.2 Å². The molecular weight excluding hydrogens is 208 g/mol. The Kier molecular flexibility index (Phi) is 4.03. The largest absolute Gasteiger partial charge is 0.385 e. The summed E-state index contributed by atoms with van der Waals surface area (Å²) in [5, 5.41) is 12.2. The summed E-state index contributed by atoms with van der Waals surface area (Å²) in [4.78, 5) is 0. The first-order chi connectivity index (χ1) is 8.28. The first kappa shape index (κ1) is 12.0. The molecule has 17 heavy (non-hydrogen) atoms. The molecule has 0 amide bonds.